The Morgan fingerprint density at radius 1 is 1.35 bits per heavy atom. The summed E-state index contributed by atoms with van der Waals surface area (Å²) in [5, 5.41) is 12.2. The summed E-state index contributed by atoms with van der Waals surface area (Å²) < 4.78 is 28.2. The van der Waals surface area contributed by atoms with Gasteiger partial charge in [0.15, 0.2) is 0 Å². The van der Waals surface area contributed by atoms with Crippen LogP contribution in [-0.4, -0.2) is 48.7 Å². The van der Waals surface area contributed by atoms with Crippen LogP contribution in [0.4, 0.5) is 8.78 Å². The third kappa shape index (κ3) is 3.88. The Labute approximate surface area is 124 Å². The normalized spacial score (nSPS) is 18.4. The lowest BCUT2D eigenvalue weighted by molar-refractivity contribution is -0.118. The van der Waals surface area contributed by atoms with E-state index in [0.717, 1.165) is 5.56 Å². The zero-order valence-corrected chi connectivity index (χ0v) is 12.3. The van der Waals surface area contributed by atoms with Crippen LogP contribution in [0.3, 0.4) is 0 Å². The number of aliphatic hydroxyl groups excluding tert-OH is 1. The summed E-state index contributed by atoms with van der Waals surface area (Å²) in [5.74, 6) is -3.13. The van der Waals surface area contributed by atoms with E-state index in [4.69, 9.17) is 5.11 Å². The number of benzene rings is 1. The summed E-state index contributed by atoms with van der Waals surface area (Å²) in [6.07, 6.45) is 0. The van der Waals surface area contributed by atoms with Gasteiger partial charge >= 0.3 is 0 Å². The molecule has 0 spiro atoms. The molecule has 3 nitrogen and oxygen atoms in total. The third-order valence-corrected chi connectivity index (χ3v) is 3.49. The van der Waals surface area contributed by atoms with Crippen molar-refractivity contribution in [2.75, 3.05) is 32.8 Å². The molecule has 0 amide bonds. The van der Waals surface area contributed by atoms with Crippen LogP contribution in [0, 0.1) is 6.92 Å². The molecule has 1 aliphatic heterocycles. The maximum atomic E-state index is 14.1. The molecule has 0 unspecified atom stereocenters. The van der Waals surface area contributed by atoms with Gasteiger partial charge in [-0.1, -0.05) is 29.8 Å². The van der Waals surface area contributed by atoms with Crippen LogP contribution in [0.2, 0.25) is 0 Å². The summed E-state index contributed by atoms with van der Waals surface area (Å²) in [7, 11) is 0. The zero-order valence-electron chi connectivity index (χ0n) is 11.5. The third-order valence-electron chi connectivity index (χ3n) is 3.49. The van der Waals surface area contributed by atoms with Crippen LogP contribution in [0.15, 0.2) is 24.3 Å². The molecular weight excluding hydrogens is 286 g/mol. The molecule has 20 heavy (non-hydrogen) atoms. The van der Waals surface area contributed by atoms with Gasteiger partial charge in [-0.05, 0) is 12.5 Å². The number of hydrogen-bond donors (Lipinski definition) is 2. The van der Waals surface area contributed by atoms with Gasteiger partial charge in [0, 0.05) is 26.2 Å². The van der Waals surface area contributed by atoms with E-state index in [1.54, 1.807) is 23.1 Å². The van der Waals surface area contributed by atoms with Crippen LogP contribution in [0.25, 0.3) is 0 Å². The van der Waals surface area contributed by atoms with Gasteiger partial charge < -0.3 is 10.4 Å². The van der Waals surface area contributed by atoms with Crippen molar-refractivity contribution in [3.05, 3.63) is 35.4 Å². The number of nitrogens with zero attached hydrogens (tertiary/aromatic N) is 1. The van der Waals surface area contributed by atoms with E-state index in [-0.39, 0.29) is 12.4 Å². The van der Waals surface area contributed by atoms with Gasteiger partial charge in [0.2, 0.25) is 0 Å². The second-order valence-corrected chi connectivity index (χ2v) is 5.02. The molecule has 0 radical (unpaired) electrons. The fourth-order valence-electron chi connectivity index (χ4n) is 2.59. The van der Waals surface area contributed by atoms with Gasteiger partial charge in [-0.15, -0.1) is 12.4 Å². The van der Waals surface area contributed by atoms with Crippen LogP contribution in [0.1, 0.15) is 17.2 Å². The molecule has 1 saturated heterocycles. The Morgan fingerprint density at radius 3 is 2.55 bits per heavy atom. The second-order valence-electron chi connectivity index (χ2n) is 5.02. The quantitative estimate of drug-likeness (QED) is 0.893. The number of aliphatic hydroxyl groups is 1. The molecule has 1 aromatic rings. The minimum absolute atomic E-state index is 0. The molecule has 0 bridgehead atoms. The highest BCUT2D eigenvalue weighted by molar-refractivity contribution is 5.85. The fraction of sp³-hybridized carbons (Fsp3) is 0.571. The number of alkyl halides is 2. The summed E-state index contributed by atoms with van der Waals surface area (Å²) in [6.45, 7) is 3.28. The molecule has 6 heteroatoms. The molecule has 1 aliphatic rings. The van der Waals surface area contributed by atoms with Crippen LogP contribution >= 0.6 is 12.4 Å². The number of hydrogen-bond acceptors (Lipinski definition) is 3. The zero-order chi connectivity index (χ0) is 13.9. The van der Waals surface area contributed by atoms with Crippen molar-refractivity contribution in [3.8, 4) is 0 Å². The monoisotopic (exact) mass is 306 g/mol. The van der Waals surface area contributed by atoms with E-state index >= 15 is 0 Å². The largest absolute Gasteiger partial charge is 0.390 e. The van der Waals surface area contributed by atoms with Crippen LogP contribution < -0.4 is 5.32 Å². The predicted molar refractivity (Wildman–Crippen MR) is 77.6 cm³/mol. The van der Waals surface area contributed by atoms with Crippen molar-refractivity contribution in [1.29, 1.82) is 0 Å². The van der Waals surface area contributed by atoms with Crippen molar-refractivity contribution in [1.82, 2.24) is 10.2 Å². The van der Waals surface area contributed by atoms with Gasteiger partial charge in [0.1, 0.15) is 12.6 Å². The van der Waals surface area contributed by atoms with Gasteiger partial charge in [0.05, 0.1) is 0 Å². The molecule has 114 valence electrons. The molecule has 0 aliphatic carbocycles. The number of halogens is 3. The Morgan fingerprint density at radius 2 is 2.00 bits per heavy atom. The van der Waals surface area contributed by atoms with Crippen molar-refractivity contribution in [2.45, 2.75) is 18.9 Å². The summed E-state index contributed by atoms with van der Waals surface area (Å²) >= 11 is 0. The minimum Gasteiger partial charge on any atom is -0.390 e. The molecule has 1 fully saturated rings. The smallest absolute Gasteiger partial charge is 0.289 e. The van der Waals surface area contributed by atoms with Crippen molar-refractivity contribution in [2.24, 2.45) is 0 Å². The van der Waals surface area contributed by atoms with Crippen molar-refractivity contribution < 1.29 is 13.9 Å². The summed E-state index contributed by atoms with van der Waals surface area (Å²) in [6, 6.07) is 6.10. The van der Waals surface area contributed by atoms with E-state index in [2.05, 4.69) is 5.32 Å². The van der Waals surface area contributed by atoms with Crippen molar-refractivity contribution >= 4 is 12.4 Å². The number of piperazine rings is 1. The van der Waals surface area contributed by atoms with Crippen LogP contribution in [0.5, 0.6) is 0 Å². The minimum atomic E-state index is -3.13. The molecule has 2 rings (SSSR count). The molecule has 1 heterocycles. The fourth-order valence-corrected chi connectivity index (χ4v) is 2.59. The van der Waals surface area contributed by atoms with E-state index in [1.165, 1.54) is 0 Å². The maximum Gasteiger partial charge on any atom is 0.289 e. The molecular formula is C14H21ClF2N2O. The Kier molecular flexibility index (Phi) is 6.33. The average molecular weight is 307 g/mol. The van der Waals surface area contributed by atoms with Crippen molar-refractivity contribution in [3.63, 3.8) is 0 Å². The van der Waals surface area contributed by atoms with Gasteiger partial charge in [-0.2, -0.15) is 0 Å². The second kappa shape index (κ2) is 7.31. The predicted octanol–water partition coefficient (Wildman–Crippen LogP) is 1.99. The highest BCUT2D eigenvalue weighted by Crippen LogP contribution is 2.36. The van der Waals surface area contributed by atoms with E-state index in [1.807, 2.05) is 13.0 Å². The molecule has 0 aromatic heterocycles. The first-order chi connectivity index (χ1) is 9.04. The average Bonchev–Trinajstić information content (AvgIpc) is 2.40. The Bertz CT molecular complexity index is 425. The Hall–Kier alpha value is -0.750. The lowest BCUT2D eigenvalue weighted by atomic mass is 9.97. The number of nitrogens with one attached hydrogen (secondary N) is 1. The number of rotatable bonds is 4. The number of aryl methyl sites for hydroxylation is 1. The first kappa shape index (κ1) is 17.3. The maximum absolute atomic E-state index is 14.1. The highest BCUT2D eigenvalue weighted by atomic mass is 35.5. The highest BCUT2D eigenvalue weighted by Gasteiger charge is 2.43. The Balaban J connectivity index is 0.00000200. The van der Waals surface area contributed by atoms with Gasteiger partial charge in [0.25, 0.3) is 5.92 Å². The SMILES string of the molecule is Cc1cccc([C@@H](N2CCNCC2)C(F)(F)CO)c1.Cl. The summed E-state index contributed by atoms with van der Waals surface area (Å²) in [5.41, 5.74) is 1.52. The molecule has 1 atom stereocenters. The standard InChI is InChI=1S/C14H20F2N2O.ClH/c1-11-3-2-4-12(9-11)13(14(15,16)10-19)18-7-5-17-6-8-18;/h2-4,9,13,17,19H,5-8,10H2,1H3;1H/t13-;/m1./s1. The first-order valence-electron chi connectivity index (χ1n) is 6.54. The lowest BCUT2D eigenvalue weighted by Crippen LogP contribution is -2.51. The lowest BCUT2D eigenvalue weighted by Gasteiger charge is -2.38. The molecule has 2 N–H and O–H groups in total. The molecule has 0 saturated carbocycles. The summed E-state index contributed by atoms with van der Waals surface area (Å²) in [4.78, 5) is 1.75. The molecule has 1 aromatic carbocycles. The van der Waals surface area contributed by atoms with E-state index in [9.17, 15) is 8.78 Å². The van der Waals surface area contributed by atoms with Crippen LogP contribution in [-0.2, 0) is 0 Å². The topological polar surface area (TPSA) is 35.5 Å². The van der Waals surface area contributed by atoms with Gasteiger partial charge in [-0.25, -0.2) is 8.78 Å². The first-order valence-corrected chi connectivity index (χ1v) is 6.54. The van der Waals surface area contributed by atoms with Gasteiger partial charge in [-0.3, -0.25) is 4.90 Å². The van der Waals surface area contributed by atoms with E-state index in [0.29, 0.717) is 31.7 Å². The van der Waals surface area contributed by atoms with E-state index < -0.39 is 18.6 Å².